The Balaban J connectivity index is 1.70. The van der Waals surface area contributed by atoms with E-state index in [2.05, 4.69) is 21.4 Å². The van der Waals surface area contributed by atoms with Crippen LogP contribution in [-0.2, 0) is 6.42 Å². The van der Waals surface area contributed by atoms with E-state index < -0.39 is 0 Å². The topological polar surface area (TPSA) is 105 Å². The van der Waals surface area contributed by atoms with Gasteiger partial charge in [-0.25, -0.2) is 0 Å². The molecule has 0 bridgehead atoms. The number of hydrogen-bond donors (Lipinski definition) is 1. The maximum atomic E-state index is 9.41. The van der Waals surface area contributed by atoms with Crippen molar-refractivity contribution in [2.75, 3.05) is 0 Å². The zero-order chi connectivity index (χ0) is 19.7. The highest BCUT2D eigenvalue weighted by Gasteiger charge is 2.24. The molecular weight excluding hydrogens is 356 g/mol. The first-order chi connectivity index (χ1) is 13.6. The van der Waals surface area contributed by atoms with E-state index in [1.165, 1.54) is 0 Å². The van der Waals surface area contributed by atoms with Crippen LogP contribution >= 0.6 is 0 Å². The van der Waals surface area contributed by atoms with Gasteiger partial charge in [0.05, 0.1) is 17.4 Å². The number of nitrogens with zero attached hydrogens (tertiary/aromatic N) is 4. The quantitative estimate of drug-likeness (QED) is 0.542. The van der Waals surface area contributed by atoms with Gasteiger partial charge in [0.2, 0.25) is 5.82 Å². The van der Waals surface area contributed by atoms with Crippen LogP contribution < -0.4 is 4.74 Å². The summed E-state index contributed by atoms with van der Waals surface area (Å²) in [4.78, 5) is 4.51. The highest BCUT2D eigenvalue weighted by Crippen LogP contribution is 2.33. The molecule has 1 heterocycles. The van der Waals surface area contributed by atoms with Crippen molar-refractivity contribution >= 4 is 5.71 Å². The molecule has 1 aliphatic rings. The van der Waals surface area contributed by atoms with Crippen LogP contribution in [0, 0.1) is 11.3 Å². The Labute approximate surface area is 161 Å². The molecule has 0 fully saturated rings. The number of hydrogen-bond acceptors (Lipinski definition) is 7. The fourth-order valence-corrected chi connectivity index (χ4v) is 3.38. The molecule has 0 aliphatic heterocycles. The van der Waals surface area contributed by atoms with Crippen LogP contribution in [0.3, 0.4) is 0 Å². The summed E-state index contributed by atoms with van der Waals surface area (Å²) in [5.41, 5.74) is 4.53. The van der Waals surface area contributed by atoms with E-state index in [4.69, 9.17) is 14.5 Å². The maximum absolute atomic E-state index is 9.41. The van der Waals surface area contributed by atoms with Gasteiger partial charge in [0.15, 0.2) is 0 Å². The molecule has 0 radical (unpaired) electrons. The average Bonchev–Trinajstić information content (AvgIpc) is 3.34. The molecule has 4 rings (SSSR count). The zero-order valence-electron chi connectivity index (χ0n) is 15.5. The number of benzene rings is 2. The highest BCUT2D eigenvalue weighted by molar-refractivity contribution is 6.05. The molecule has 7 nitrogen and oxygen atoms in total. The van der Waals surface area contributed by atoms with E-state index >= 15 is 0 Å². The Morgan fingerprint density at radius 3 is 2.79 bits per heavy atom. The van der Waals surface area contributed by atoms with Crippen molar-refractivity contribution in [3.8, 4) is 34.7 Å². The molecule has 1 aliphatic carbocycles. The number of nitriles is 1. The summed E-state index contributed by atoms with van der Waals surface area (Å²) < 4.78 is 11.1. The Bertz CT molecular complexity index is 1110. The van der Waals surface area contributed by atoms with Gasteiger partial charge in [-0.1, -0.05) is 28.5 Å². The maximum Gasteiger partial charge on any atom is 0.258 e. The fraction of sp³-hybridized carbons (Fsp3) is 0.238. The van der Waals surface area contributed by atoms with Gasteiger partial charge in [0, 0.05) is 16.7 Å². The molecule has 1 aromatic heterocycles. The molecular formula is C21H18N4O3. The first kappa shape index (κ1) is 17.7. The third kappa shape index (κ3) is 3.09. The van der Waals surface area contributed by atoms with Crippen molar-refractivity contribution in [2.24, 2.45) is 5.16 Å². The van der Waals surface area contributed by atoms with Crippen LogP contribution in [0.15, 0.2) is 46.1 Å². The number of aromatic nitrogens is 2. The summed E-state index contributed by atoms with van der Waals surface area (Å²) in [5, 5.41) is 26.1. The number of ether oxygens (including phenoxy) is 1. The molecule has 2 aromatic carbocycles. The Morgan fingerprint density at radius 2 is 2.04 bits per heavy atom. The molecule has 0 atom stereocenters. The molecule has 7 heteroatoms. The molecule has 0 amide bonds. The minimum atomic E-state index is -0.0273. The van der Waals surface area contributed by atoms with E-state index in [-0.39, 0.29) is 6.10 Å². The average molecular weight is 374 g/mol. The molecule has 0 saturated heterocycles. The lowest BCUT2D eigenvalue weighted by atomic mass is 10.0. The second-order valence-electron chi connectivity index (χ2n) is 6.79. The summed E-state index contributed by atoms with van der Waals surface area (Å²) >= 11 is 0. The molecule has 0 unspecified atom stereocenters. The number of oxime groups is 1. The van der Waals surface area contributed by atoms with E-state index in [0.717, 1.165) is 23.1 Å². The summed E-state index contributed by atoms with van der Waals surface area (Å²) in [6.45, 7) is 3.81. The van der Waals surface area contributed by atoms with Gasteiger partial charge in [-0.2, -0.15) is 10.2 Å². The van der Waals surface area contributed by atoms with Gasteiger partial charge in [0.25, 0.3) is 5.89 Å². The van der Waals surface area contributed by atoms with Gasteiger partial charge in [-0.15, -0.1) is 0 Å². The zero-order valence-corrected chi connectivity index (χ0v) is 15.5. The number of rotatable bonds is 4. The lowest BCUT2D eigenvalue weighted by Gasteiger charge is -2.11. The van der Waals surface area contributed by atoms with E-state index in [1.807, 2.05) is 32.0 Å². The first-order valence-electron chi connectivity index (χ1n) is 8.99. The van der Waals surface area contributed by atoms with Crippen molar-refractivity contribution in [1.82, 2.24) is 10.1 Å². The third-order valence-corrected chi connectivity index (χ3v) is 4.60. The predicted molar refractivity (Wildman–Crippen MR) is 102 cm³/mol. The summed E-state index contributed by atoms with van der Waals surface area (Å²) in [5.74, 6) is 1.32. The molecule has 3 aromatic rings. The molecule has 0 saturated carbocycles. The second kappa shape index (κ2) is 7.16. The van der Waals surface area contributed by atoms with Gasteiger partial charge < -0.3 is 14.5 Å². The van der Waals surface area contributed by atoms with Gasteiger partial charge >= 0.3 is 0 Å². The lowest BCUT2D eigenvalue weighted by molar-refractivity contribution is 0.241. The Morgan fingerprint density at radius 1 is 1.21 bits per heavy atom. The van der Waals surface area contributed by atoms with Crippen LogP contribution in [0.5, 0.6) is 5.75 Å². The normalized spacial score (nSPS) is 14.3. The highest BCUT2D eigenvalue weighted by atomic mass is 16.5. The fourth-order valence-electron chi connectivity index (χ4n) is 3.38. The van der Waals surface area contributed by atoms with Crippen molar-refractivity contribution in [3.05, 3.63) is 53.1 Å². The number of fused-ring (bicyclic) bond motifs is 1. The van der Waals surface area contributed by atoms with E-state index in [0.29, 0.717) is 40.7 Å². The van der Waals surface area contributed by atoms with Crippen molar-refractivity contribution < 1.29 is 14.5 Å². The SMILES string of the molecule is CC(C)Oc1ccc(-c2nc(-c3cccc4c3CC/C4=N\O)no2)cc1C#N. The standard InChI is InChI=1S/C21H18N4O3/c1-12(2)27-19-9-6-13(10-14(19)11-22)21-23-20(25-28-21)17-5-3-4-16-15(17)7-8-18(16)24-26/h3-6,9-10,12,26H,7-8H2,1-2H3/b24-18+. The van der Waals surface area contributed by atoms with E-state index in [1.54, 1.807) is 18.2 Å². The monoisotopic (exact) mass is 374 g/mol. The van der Waals surface area contributed by atoms with Gasteiger partial charge in [-0.05, 0) is 50.5 Å². The van der Waals surface area contributed by atoms with Gasteiger partial charge in [-0.3, -0.25) is 0 Å². The van der Waals surface area contributed by atoms with Crippen molar-refractivity contribution in [3.63, 3.8) is 0 Å². The second-order valence-corrected chi connectivity index (χ2v) is 6.79. The minimum absolute atomic E-state index is 0.0273. The van der Waals surface area contributed by atoms with Crippen molar-refractivity contribution in [1.29, 1.82) is 5.26 Å². The van der Waals surface area contributed by atoms with Crippen LogP contribution in [0.2, 0.25) is 0 Å². The Hall–Kier alpha value is -3.66. The van der Waals surface area contributed by atoms with Gasteiger partial charge in [0.1, 0.15) is 11.8 Å². The first-order valence-corrected chi connectivity index (χ1v) is 8.99. The largest absolute Gasteiger partial charge is 0.490 e. The summed E-state index contributed by atoms with van der Waals surface area (Å²) in [7, 11) is 0. The summed E-state index contributed by atoms with van der Waals surface area (Å²) in [6, 6.07) is 13.1. The molecule has 28 heavy (non-hydrogen) atoms. The minimum Gasteiger partial charge on any atom is -0.490 e. The Kier molecular flexibility index (Phi) is 4.53. The van der Waals surface area contributed by atoms with E-state index in [9.17, 15) is 5.26 Å². The summed E-state index contributed by atoms with van der Waals surface area (Å²) in [6.07, 6.45) is 1.41. The molecule has 1 N–H and O–H groups in total. The lowest BCUT2D eigenvalue weighted by Crippen LogP contribution is -2.06. The van der Waals surface area contributed by atoms with Crippen LogP contribution in [0.4, 0.5) is 0 Å². The van der Waals surface area contributed by atoms with Crippen molar-refractivity contribution in [2.45, 2.75) is 32.8 Å². The van der Waals surface area contributed by atoms with Crippen LogP contribution in [0.1, 0.15) is 37.0 Å². The molecule has 140 valence electrons. The van der Waals surface area contributed by atoms with Crippen LogP contribution in [-0.4, -0.2) is 27.2 Å². The predicted octanol–water partition coefficient (Wildman–Crippen LogP) is 4.19. The molecule has 0 spiro atoms. The van der Waals surface area contributed by atoms with Crippen LogP contribution in [0.25, 0.3) is 22.8 Å². The smallest absolute Gasteiger partial charge is 0.258 e. The third-order valence-electron chi connectivity index (χ3n) is 4.60.